The van der Waals surface area contributed by atoms with Crippen molar-refractivity contribution in [3.63, 3.8) is 0 Å². The number of benzene rings is 1. The number of hydrogen-bond donors (Lipinski definition) is 2. The van der Waals surface area contributed by atoms with Crippen LogP contribution in [0.1, 0.15) is 16.1 Å². The molecule has 1 aromatic carbocycles. The van der Waals surface area contributed by atoms with Crippen molar-refractivity contribution in [2.75, 3.05) is 45.2 Å². The van der Waals surface area contributed by atoms with E-state index in [4.69, 9.17) is 4.42 Å². The Morgan fingerprint density at radius 1 is 1.19 bits per heavy atom. The van der Waals surface area contributed by atoms with Crippen molar-refractivity contribution in [3.8, 4) is 0 Å². The lowest BCUT2D eigenvalue weighted by Gasteiger charge is -2.35. The molecule has 1 amide bonds. The fourth-order valence-corrected chi connectivity index (χ4v) is 3.95. The molecule has 3 rings (SSSR count). The highest BCUT2D eigenvalue weighted by atomic mass is 32.2. The summed E-state index contributed by atoms with van der Waals surface area (Å²) in [5, 5.41) is 2.73. The number of sulfonamides is 1. The Bertz CT molecular complexity index is 888. The third kappa shape index (κ3) is 4.49. The van der Waals surface area contributed by atoms with Crippen LogP contribution >= 0.6 is 0 Å². The van der Waals surface area contributed by atoms with E-state index < -0.39 is 10.0 Å². The molecule has 1 aromatic heterocycles. The Balaban J connectivity index is 1.86. The number of nitrogens with zero attached hydrogens (tertiary/aromatic N) is 2. The molecule has 1 aliphatic rings. The first-order valence-corrected chi connectivity index (χ1v) is 10.2. The number of nitrogens with one attached hydrogen (secondary N) is 2. The predicted octanol–water partition coefficient (Wildman–Crippen LogP) is 0.870. The lowest BCUT2D eigenvalue weighted by atomic mass is 10.1. The zero-order valence-electron chi connectivity index (χ0n) is 15.4. The SMILES string of the molecule is CNS(=O)(=O)c1cc(C(=O)NCc2ccco2)ccc1N1CCN(C)CC1. The van der Waals surface area contributed by atoms with Crippen LogP contribution in [0.5, 0.6) is 0 Å². The van der Waals surface area contributed by atoms with E-state index >= 15 is 0 Å². The molecular formula is C18H24N4O4S. The average Bonchev–Trinajstić information content (AvgIpc) is 3.20. The molecule has 146 valence electrons. The van der Waals surface area contributed by atoms with Gasteiger partial charge in [0.2, 0.25) is 10.0 Å². The van der Waals surface area contributed by atoms with Gasteiger partial charge in [0.1, 0.15) is 10.7 Å². The van der Waals surface area contributed by atoms with E-state index in [2.05, 4.69) is 14.9 Å². The molecule has 2 heterocycles. The summed E-state index contributed by atoms with van der Waals surface area (Å²) in [7, 11) is -0.305. The smallest absolute Gasteiger partial charge is 0.251 e. The summed E-state index contributed by atoms with van der Waals surface area (Å²) in [6.45, 7) is 3.40. The lowest BCUT2D eigenvalue weighted by molar-refractivity contribution is 0.0948. The van der Waals surface area contributed by atoms with E-state index in [0.717, 1.165) is 26.2 Å². The second-order valence-electron chi connectivity index (χ2n) is 6.44. The molecule has 2 aromatic rings. The molecule has 1 fully saturated rings. The Morgan fingerprint density at radius 2 is 1.93 bits per heavy atom. The Labute approximate surface area is 159 Å². The lowest BCUT2D eigenvalue weighted by Crippen LogP contribution is -2.45. The number of rotatable bonds is 6. The summed E-state index contributed by atoms with van der Waals surface area (Å²) in [4.78, 5) is 16.8. The Kier molecular flexibility index (Phi) is 5.83. The summed E-state index contributed by atoms with van der Waals surface area (Å²) in [5.41, 5.74) is 0.897. The second kappa shape index (κ2) is 8.12. The predicted molar refractivity (Wildman–Crippen MR) is 102 cm³/mol. The number of likely N-dealkylation sites (N-methyl/N-ethyl adjacent to an activating group) is 1. The minimum atomic E-state index is -3.71. The van der Waals surface area contributed by atoms with Crippen LogP contribution in [-0.2, 0) is 16.6 Å². The number of amides is 1. The van der Waals surface area contributed by atoms with Crippen LogP contribution in [0.2, 0.25) is 0 Å². The van der Waals surface area contributed by atoms with Gasteiger partial charge in [-0.05, 0) is 44.4 Å². The van der Waals surface area contributed by atoms with Gasteiger partial charge in [0.25, 0.3) is 5.91 Å². The fourth-order valence-electron chi connectivity index (χ4n) is 2.97. The van der Waals surface area contributed by atoms with Crippen LogP contribution in [0.15, 0.2) is 45.9 Å². The normalized spacial score (nSPS) is 15.7. The first-order chi connectivity index (χ1) is 12.9. The van der Waals surface area contributed by atoms with Gasteiger partial charge >= 0.3 is 0 Å². The molecule has 0 radical (unpaired) electrons. The van der Waals surface area contributed by atoms with Crippen LogP contribution < -0.4 is 14.9 Å². The highest BCUT2D eigenvalue weighted by Crippen LogP contribution is 2.27. The fraction of sp³-hybridized carbons (Fsp3) is 0.389. The van der Waals surface area contributed by atoms with Crippen LogP contribution in [0, 0.1) is 0 Å². The van der Waals surface area contributed by atoms with Crippen LogP contribution in [0.3, 0.4) is 0 Å². The number of carbonyl (C=O) groups is 1. The molecule has 0 bridgehead atoms. The monoisotopic (exact) mass is 392 g/mol. The van der Waals surface area contributed by atoms with Gasteiger partial charge in [0.05, 0.1) is 18.5 Å². The summed E-state index contributed by atoms with van der Waals surface area (Å²) >= 11 is 0. The van der Waals surface area contributed by atoms with Crippen molar-refractivity contribution < 1.29 is 17.6 Å². The summed E-state index contributed by atoms with van der Waals surface area (Å²) in [6.07, 6.45) is 1.53. The summed E-state index contributed by atoms with van der Waals surface area (Å²) in [6, 6.07) is 8.28. The van der Waals surface area contributed by atoms with Crippen LogP contribution in [0.25, 0.3) is 0 Å². The largest absolute Gasteiger partial charge is 0.467 e. The number of hydrogen-bond acceptors (Lipinski definition) is 6. The first-order valence-electron chi connectivity index (χ1n) is 8.72. The van der Waals surface area contributed by atoms with Gasteiger partial charge in [0, 0.05) is 31.7 Å². The van der Waals surface area contributed by atoms with Crippen LogP contribution in [-0.4, -0.2) is 59.5 Å². The van der Waals surface area contributed by atoms with Crippen molar-refractivity contribution in [2.45, 2.75) is 11.4 Å². The van der Waals surface area contributed by atoms with E-state index in [1.807, 2.05) is 11.9 Å². The quantitative estimate of drug-likeness (QED) is 0.758. The van der Waals surface area contributed by atoms with Gasteiger partial charge in [-0.3, -0.25) is 4.79 Å². The molecule has 0 spiro atoms. The molecule has 1 aliphatic heterocycles. The van der Waals surface area contributed by atoms with Gasteiger partial charge < -0.3 is 19.5 Å². The van der Waals surface area contributed by atoms with E-state index in [1.54, 1.807) is 24.3 Å². The second-order valence-corrected chi connectivity index (χ2v) is 8.30. The van der Waals surface area contributed by atoms with Gasteiger partial charge in [-0.2, -0.15) is 0 Å². The van der Waals surface area contributed by atoms with Crippen molar-refractivity contribution in [2.24, 2.45) is 0 Å². The summed E-state index contributed by atoms with van der Waals surface area (Å²) in [5.74, 6) is 0.268. The third-order valence-electron chi connectivity index (χ3n) is 4.63. The molecule has 8 nitrogen and oxygen atoms in total. The maximum absolute atomic E-state index is 12.6. The Morgan fingerprint density at radius 3 is 2.56 bits per heavy atom. The molecule has 9 heteroatoms. The van der Waals surface area contributed by atoms with Gasteiger partial charge in [-0.1, -0.05) is 0 Å². The van der Waals surface area contributed by atoms with Crippen molar-refractivity contribution >= 4 is 21.6 Å². The molecule has 27 heavy (non-hydrogen) atoms. The standard InChI is InChI=1S/C18H24N4O4S/c1-19-27(24,25)17-12-14(18(23)20-13-15-4-3-11-26-15)5-6-16(17)22-9-7-21(2)8-10-22/h3-6,11-12,19H,7-10,13H2,1-2H3,(H,20,23). The van der Waals surface area contributed by atoms with Gasteiger partial charge in [-0.25, -0.2) is 13.1 Å². The topological polar surface area (TPSA) is 94.9 Å². The molecule has 0 aliphatic carbocycles. The molecule has 0 atom stereocenters. The minimum Gasteiger partial charge on any atom is -0.467 e. The van der Waals surface area contributed by atoms with E-state index in [1.165, 1.54) is 19.4 Å². The zero-order chi connectivity index (χ0) is 19.4. The maximum atomic E-state index is 12.6. The number of carbonyl (C=O) groups excluding carboxylic acids is 1. The third-order valence-corrected chi connectivity index (χ3v) is 6.07. The molecule has 2 N–H and O–H groups in total. The van der Waals surface area contributed by atoms with Crippen molar-refractivity contribution in [3.05, 3.63) is 47.9 Å². The van der Waals surface area contributed by atoms with Crippen LogP contribution in [0.4, 0.5) is 5.69 Å². The first kappa shape index (κ1) is 19.4. The van der Waals surface area contributed by atoms with E-state index in [-0.39, 0.29) is 22.9 Å². The number of furan rings is 1. The number of anilines is 1. The van der Waals surface area contributed by atoms with Crippen molar-refractivity contribution in [1.29, 1.82) is 0 Å². The highest BCUT2D eigenvalue weighted by molar-refractivity contribution is 7.89. The minimum absolute atomic E-state index is 0.111. The molecule has 0 saturated carbocycles. The van der Waals surface area contributed by atoms with E-state index in [0.29, 0.717) is 11.4 Å². The Hall–Kier alpha value is -2.36. The maximum Gasteiger partial charge on any atom is 0.251 e. The molecule has 1 saturated heterocycles. The van der Waals surface area contributed by atoms with Gasteiger partial charge in [-0.15, -0.1) is 0 Å². The molecular weight excluding hydrogens is 368 g/mol. The zero-order valence-corrected chi connectivity index (χ0v) is 16.3. The summed E-state index contributed by atoms with van der Waals surface area (Å²) < 4.78 is 32.7. The van der Waals surface area contributed by atoms with E-state index in [9.17, 15) is 13.2 Å². The molecule has 0 unspecified atom stereocenters. The van der Waals surface area contributed by atoms with Gasteiger partial charge in [0.15, 0.2) is 0 Å². The average molecular weight is 392 g/mol. The highest BCUT2D eigenvalue weighted by Gasteiger charge is 2.24. The van der Waals surface area contributed by atoms with Crippen molar-refractivity contribution in [1.82, 2.24) is 14.9 Å². The number of piperazine rings is 1.